The summed E-state index contributed by atoms with van der Waals surface area (Å²) in [5.74, 6) is 0.895. The number of anilines is 1. The first kappa shape index (κ1) is 13.4. The molecule has 1 amide bonds. The van der Waals surface area contributed by atoms with Crippen LogP contribution in [-0.4, -0.2) is 46.9 Å². The van der Waals surface area contributed by atoms with E-state index in [2.05, 4.69) is 5.10 Å². The third-order valence-electron chi connectivity index (χ3n) is 4.29. The Morgan fingerprint density at radius 2 is 2.15 bits per heavy atom. The van der Waals surface area contributed by atoms with Crippen molar-refractivity contribution >= 4 is 11.7 Å². The van der Waals surface area contributed by atoms with Crippen LogP contribution in [0.1, 0.15) is 31.7 Å². The number of piperidine rings is 1. The molecule has 3 heterocycles. The van der Waals surface area contributed by atoms with Crippen LogP contribution in [-0.2, 0) is 9.53 Å². The molecule has 2 aliphatic heterocycles. The topological polar surface area (TPSA) is 73.4 Å². The molecule has 0 aromatic carbocycles. The Balaban J connectivity index is 1.54. The summed E-state index contributed by atoms with van der Waals surface area (Å²) in [4.78, 5) is 14.4. The molecule has 0 spiro atoms. The number of carbonyl (C=O) groups excluding carboxylic acids is 1. The third kappa shape index (κ3) is 2.80. The van der Waals surface area contributed by atoms with Gasteiger partial charge in [0.2, 0.25) is 5.91 Å². The normalized spacial score (nSPS) is 24.8. The smallest absolute Gasteiger partial charge is 0.228 e. The molecule has 2 aliphatic rings. The molecule has 1 aromatic rings. The van der Waals surface area contributed by atoms with Crippen LogP contribution >= 0.6 is 0 Å². The molecule has 0 saturated carbocycles. The number of hydrogen-bond donors (Lipinski definition) is 1. The van der Waals surface area contributed by atoms with Crippen LogP contribution in [0.2, 0.25) is 0 Å². The summed E-state index contributed by atoms with van der Waals surface area (Å²) in [6.45, 7) is 3.00. The number of nitrogens with two attached hydrogens (primary N) is 1. The first-order valence-corrected chi connectivity index (χ1v) is 7.41. The second kappa shape index (κ2) is 5.83. The Hall–Kier alpha value is -1.56. The van der Waals surface area contributed by atoms with Crippen molar-refractivity contribution in [2.75, 3.05) is 32.0 Å². The van der Waals surface area contributed by atoms with Crippen LogP contribution in [0, 0.1) is 5.92 Å². The molecular formula is C14H22N4O2. The lowest BCUT2D eigenvalue weighted by atomic mass is 9.98. The highest BCUT2D eigenvalue weighted by Crippen LogP contribution is 2.25. The minimum atomic E-state index is 0.0700. The van der Waals surface area contributed by atoms with Crippen LogP contribution in [0.25, 0.3) is 0 Å². The zero-order valence-corrected chi connectivity index (χ0v) is 11.7. The first-order chi connectivity index (χ1) is 9.74. The standard InChI is InChI=1S/C14H22N4O2/c15-13-5-8-18(16-13)12-3-6-17(7-4-12)14(19)11-2-1-9-20-10-11/h5,8,11-12H,1-4,6-7,9-10H2,(H2,15,16). The summed E-state index contributed by atoms with van der Waals surface area (Å²) in [5.41, 5.74) is 5.65. The SMILES string of the molecule is Nc1ccn(C2CCN(C(=O)C3CCCOC3)CC2)n1. The molecule has 3 rings (SSSR count). The predicted octanol–water partition coefficient (Wildman–Crippen LogP) is 1.06. The van der Waals surface area contributed by atoms with Gasteiger partial charge >= 0.3 is 0 Å². The van der Waals surface area contributed by atoms with E-state index in [1.807, 2.05) is 21.8 Å². The highest BCUT2D eigenvalue weighted by Gasteiger charge is 2.30. The lowest BCUT2D eigenvalue weighted by Gasteiger charge is -2.35. The van der Waals surface area contributed by atoms with Gasteiger partial charge in [0, 0.05) is 25.9 Å². The largest absolute Gasteiger partial charge is 0.382 e. The summed E-state index contributed by atoms with van der Waals surface area (Å²) < 4.78 is 7.34. The van der Waals surface area contributed by atoms with Crippen molar-refractivity contribution in [1.82, 2.24) is 14.7 Å². The second-order valence-electron chi connectivity index (χ2n) is 5.69. The van der Waals surface area contributed by atoms with Gasteiger partial charge in [0.05, 0.1) is 18.6 Å². The van der Waals surface area contributed by atoms with Gasteiger partial charge in [-0.1, -0.05) is 0 Å². The lowest BCUT2D eigenvalue weighted by molar-refractivity contribution is -0.141. The predicted molar refractivity (Wildman–Crippen MR) is 75.0 cm³/mol. The zero-order valence-electron chi connectivity index (χ0n) is 11.7. The van der Waals surface area contributed by atoms with E-state index in [1.54, 1.807) is 0 Å². The first-order valence-electron chi connectivity index (χ1n) is 7.41. The Morgan fingerprint density at radius 3 is 2.75 bits per heavy atom. The Kier molecular flexibility index (Phi) is 3.91. The van der Waals surface area contributed by atoms with Crippen molar-refractivity contribution in [3.63, 3.8) is 0 Å². The van der Waals surface area contributed by atoms with Gasteiger partial charge in [0.25, 0.3) is 0 Å². The average Bonchev–Trinajstić information content (AvgIpc) is 2.94. The number of likely N-dealkylation sites (tertiary alicyclic amines) is 1. The molecular weight excluding hydrogens is 256 g/mol. The van der Waals surface area contributed by atoms with Crippen LogP contribution in [0.15, 0.2) is 12.3 Å². The van der Waals surface area contributed by atoms with Crippen molar-refractivity contribution in [2.24, 2.45) is 5.92 Å². The number of ether oxygens (including phenoxy) is 1. The fourth-order valence-corrected chi connectivity index (χ4v) is 3.10. The molecule has 6 heteroatoms. The van der Waals surface area contributed by atoms with Gasteiger partial charge in [-0.2, -0.15) is 5.10 Å². The molecule has 20 heavy (non-hydrogen) atoms. The minimum absolute atomic E-state index is 0.0700. The fourth-order valence-electron chi connectivity index (χ4n) is 3.10. The van der Waals surface area contributed by atoms with Crippen LogP contribution in [0.3, 0.4) is 0 Å². The summed E-state index contributed by atoms with van der Waals surface area (Å²) in [6.07, 6.45) is 5.78. The number of nitrogens with zero attached hydrogens (tertiary/aromatic N) is 3. The molecule has 2 saturated heterocycles. The number of rotatable bonds is 2. The van der Waals surface area contributed by atoms with E-state index in [9.17, 15) is 4.79 Å². The van der Waals surface area contributed by atoms with E-state index in [1.165, 1.54) is 0 Å². The Labute approximate surface area is 118 Å². The second-order valence-corrected chi connectivity index (χ2v) is 5.69. The van der Waals surface area contributed by atoms with Crippen LogP contribution in [0.5, 0.6) is 0 Å². The Morgan fingerprint density at radius 1 is 1.35 bits per heavy atom. The van der Waals surface area contributed by atoms with Crippen molar-refractivity contribution < 1.29 is 9.53 Å². The number of hydrogen-bond acceptors (Lipinski definition) is 4. The van der Waals surface area contributed by atoms with E-state index in [-0.39, 0.29) is 11.8 Å². The zero-order chi connectivity index (χ0) is 13.9. The van der Waals surface area contributed by atoms with Gasteiger partial charge in [-0.15, -0.1) is 0 Å². The van der Waals surface area contributed by atoms with E-state index < -0.39 is 0 Å². The van der Waals surface area contributed by atoms with Crippen molar-refractivity contribution in [3.05, 3.63) is 12.3 Å². The molecule has 1 aromatic heterocycles. The van der Waals surface area contributed by atoms with Crippen LogP contribution < -0.4 is 5.73 Å². The van der Waals surface area contributed by atoms with Gasteiger partial charge in [-0.3, -0.25) is 9.48 Å². The molecule has 2 N–H and O–H groups in total. The average molecular weight is 278 g/mol. The fraction of sp³-hybridized carbons (Fsp3) is 0.714. The number of carbonyl (C=O) groups is 1. The van der Waals surface area contributed by atoms with Gasteiger partial charge in [0.15, 0.2) is 0 Å². The van der Waals surface area contributed by atoms with Gasteiger partial charge in [0.1, 0.15) is 5.82 Å². The minimum Gasteiger partial charge on any atom is -0.382 e. The van der Waals surface area contributed by atoms with E-state index in [4.69, 9.17) is 10.5 Å². The van der Waals surface area contributed by atoms with Gasteiger partial charge < -0.3 is 15.4 Å². The quantitative estimate of drug-likeness (QED) is 0.877. The summed E-state index contributed by atoms with van der Waals surface area (Å²) in [6, 6.07) is 2.18. The number of amides is 1. The maximum Gasteiger partial charge on any atom is 0.228 e. The van der Waals surface area contributed by atoms with Crippen LogP contribution in [0.4, 0.5) is 5.82 Å². The Bertz CT molecular complexity index is 459. The highest BCUT2D eigenvalue weighted by atomic mass is 16.5. The molecule has 0 bridgehead atoms. The summed E-state index contributed by atoms with van der Waals surface area (Å²) in [5, 5.41) is 4.27. The highest BCUT2D eigenvalue weighted by molar-refractivity contribution is 5.79. The molecule has 0 radical (unpaired) electrons. The molecule has 2 fully saturated rings. The third-order valence-corrected chi connectivity index (χ3v) is 4.29. The monoisotopic (exact) mass is 278 g/mol. The van der Waals surface area contributed by atoms with Gasteiger partial charge in [-0.05, 0) is 31.7 Å². The number of aromatic nitrogens is 2. The van der Waals surface area contributed by atoms with Gasteiger partial charge in [-0.25, -0.2) is 0 Å². The summed E-state index contributed by atoms with van der Waals surface area (Å²) >= 11 is 0. The van der Waals surface area contributed by atoms with E-state index in [0.29, 0.717) is 18.5 Å². The van der Waals surface area contributed by atoms with Crippen molar-refractivity contribution in [3.8, 4) is 0 Å². The lowest BCUT2D eigenvalue weighted by Crippen LogP contribution is -2.44. The maximum atomic E-state index is 12.4. The molecule has 1 unspecified atom stereocenters. The maximum absolute atomic E-state index is 12.4. The molecule has 1 atom stereocenters. The van der Waals surface area contributed by atoms with Crippen molar-refractivity contribution in [2.45, 2.75) is 31.7 Å². The summed E-state index contributed by atoms with van der Waals surface area (Å²) in [7, 11) is 0. The molecule has 0 aliphatic carbocycles. The van der Waals surface area contributed by atoms with E-state index in [0.717, 1.165) is 45.4 Å². The van der Waals surface area contributed by atoms with Crippen molar-refractivity contribution in [1.29, 1.82) is 0 Å². The molecule has 6 nitrogen and oxygen atoms in total. The molecule has 110 valence electrons. The van der Waals surface area contributed by atoms with E-state index >= 15 is 0 Å². The number of nitrogen functional groups attached to an aromatic ring is 1.